The second kappa shape index (κ2) is 4.81. The molecule has 1 unspecified atom stereocenters. The number of carbonyl (C=O) groups excluding carboxylic acids is 3. The molecule has 0 aromatic heterocycles. The van der Waals surface area contributed by atoms with Gasteiger partial charge >= 0.3 is 0 Å². The van der Waals surface area contributed by atoms with Gasteiger partial charge in [-0.3, -0.25) is 9.59 Å². The van der Waals surface area contributed by atoms with Crippen LogP contribution in [0, 0.1) is 5.92 Å². The Balaban J connectivity index is 3.91. The molecule has 0 spiro atoms. The van der Waals surface area contributed by atoms with Crippen molar-refractivity contribution in [2.75, 3.05) is 6.61 Å². The fourth-order valence-corrected chi connectivity index (χ4v) is 0.504. The zero-order valence-corrected chi connectivity index (χ0v) is 5.32. The number of ketones is 1. The second-order valence-corrected chi connectivity index (χ2v) is 1.78. The minimum atomic E-state index is -0.956. The van der Waals surface area contributed by atoms with E-state index in [0.717, 1.165) is 0 Å². The number of hydrogen-bond acceptors (Lipinski definition) is 4. The largest absolute Gasteiger partial charge is 0.396 e. The average Bonchev–Trinajstić information content (AvgIpc) is 1.99. The standard InChI is InChI=1S/C6H8O4/c7-2-1-5(3-8)6(10)4-9/h3-5,7H,1-2H2. The molecule has 0 saturated heterocycles. The summed E-state index contributed by atoms with van der Waals surface area (Å²) < 4.78 is 0. The Labute approximate surface area is 57.8 Å². The topological polar surface area (TPSA) is 71.4 Å². The Hall–Kier alpha value is -1.03. The summed E-state index contributed by atoms with van der Waals surface area (Å²) in [5.41, 5.74) is 0. The van der Waals surface area contributed by atoms with E-state index < -0.39 is 11.7 Å². The molecule has 10 heavy (non-hydrogen) atoms. The summed E-state index contributed by atoms with van der Waals surface area (Å²) in [7, 11) is 0. The van der Waals surface area contributed by atoms with Crippen LogP contribution >= 0.6 is 0 Å². The van der Waals surface area contributed by atoms with Crippen LogP contribution in [0.1, 0.15) is 6.42 Å². The number of aldehydes is 2. The lowest BCUT2D eigenvalue weighted by molar-refractivity contribution is -0.135. The van der Waals surface area contributed by atoms with E-state index in [9.17, 15) is 14.4 Å². The molecule has 56 valence electrons. The summed E-state index contributed by atoms with van der Waals surface area (Å²) in [5.74, 6) is -1.73. The lowest BCUT2D eigenvalue weighted by Crippen LogP contribution is -2.18. The van der Waals surface area contributed by atoms with Gasteiger partial charge in [0, 0.05) is 6.61 Å². The highest BCUT2D eigenvalue weighted by Gasteiger charge is 2.14. The lowest BCUT2D eigenvalue weighted by atomic mass is 10.0. The fraction of sp³-hybridized carbons (Fsp3) is 0.500. The third kappa shape index (κ3) is 2.50. The van der Waals surface area contributed by atoms with Crippen molar-refractivity contribution in [2.45, 2.75) is 6.42 Å². The maximum absolute atomic E-state index is 10.4. The number of hydrogen-bond donors (Lipinski definition) is 1. The Bertz CT molecular complexity index is 141. The van der Waals surface area contributed by atoms with Crippen LogP contribution in [0.15, 0.2) is 0 Å². The number of Topliss-reactive ketones (excluding diaryl/α,β-unsaturated/α-hetero) is 1. The predicted molar refractivity (Wildman–Crippen MR) is 32.3 cm³/mol. The van der Waals surface area contributed by atoms with E-state index in [4.69, 9.17) is 5.11 Å². The van der Waals surface area contributed by atoms with E-state index in [2.05, 4.69) is 0 Å². The Morgan fingerprint density at radius 1 is 1.50 bits per heavy atom. The summed E-state index contributed by atoms with van der Waals surface area (Å²) in [6, 6.07) is 0. The van der Waals surface area contributed by atoms with Crippen molar-refractivity contribution in [3.05, 3.63) is 0 Å². The molecule has 0 aromatic rings. The first-order chi connectivity index (χ1) is 4.76. The second-order valence-electron chi connectivity index (χ2n) is 1.78. The SMILES string of the molecule is O=CC(=O)C(C=O)CCO. The van der Waals surface area contributed by atoms with E-state index in [-0.39, 0.29) is 19.3 Å². The fourth-order valence-electron chi connectivity index (χ4n) is 0.504. The van der Waals surface area contributed by atoms with Crippen LogP contribution in [0.5, 0.6) is 0 Å². The summed E-state index contributed by atoms with van der Waals surface area (Å²) in [6.45, 7) is -0.261. The molecule has 0 aromatic carbocycles. The van der Waals surface area contributed by atoms with Gasteiger partial charge in [-0.15, -0.1) is 0 Å². The molecule has 0 rings (SSSR count). The summed E-state index contributed by atoms with van der Waals surface area (Å²) in [6.07, 6.45) is 0.489. The molecule has 1 N–H and O–H groups in total. The van der Waals surface area contributed by atoms with Crippen molar-refractivity contribution in [1.29, 1.82) is 0 Å². The molecular weight excluding hydrogens is 136 g/mol. The summed E-state index contributed by atoms with van der Waals surface area (Å²) >= 11 is 0. The highest BCUT2D eigenvalue weighted by molar-refractivity contribution is 6.29. The number of aliphatic hydroxyl groups is 1. The maximum atomic E-state index is 10.4. The molecule has 0 heterocycles. The third-order valence-corrected chi connectivity index (χ3v) is 1.09. The van der Waals surface area contributed by atoms with Crippen molar-refractivity contribution in [1.82, 2.24) is 0 Å². The molecule has 0 bridgehead atoms. The predicted octanol–water partition coefficient (Wildman–Crippen LogP) is -1.05. The Morgan fingerprint density at radius 3 is 2.40 bits per heavy atom. The van der Waals surface area contributed by atoms with Crippen LogP contribution in [-0.2, 0) is 14.4 Å². The van der Waals surface area contributed by atoms with Crippen molar-refractivity contribution >= 4 is 18.4 Å². The van der Waals surface area contributed by atoms with Crippen LogP contribution in [0.25, 0.3) is 0 Å². The molecule has 4 nitrogen and oxygen atoms in total. The molecule has 0 aliphatic rings. The molecule has 0 fully saturated rings. The lowest BCUT2D eigenvalue weighted by Gasteiger charge is -1.99. The Morgan fingerprint density at radius 2 is 2.10 bits per heavy atom. The van der Waals surface area contributed by atoms with Gasteiger partial charge in [-0.05, 0) is 6.42 Å². The molecular formula is C6H8O4. The Kier molecular flexibility index (Phi) is 4.32. The van der Waals surface area contributed by atoms with Gasteiger partial charge in [0.2, 0.25) is 5.78 Å². The molecule has 0 aliphatic heterocycles. The smallest absolute Gasteiger partial charge is 0.205 e. The van der Waals surface area contributed by atoms with Crippen molar-refractivity contribution in [2.24, 2.45) is 5.92 Å². The maximum Gasteiger partial charge on any atom is 0.205 e. The first-order valence-electron chi connectivity index (χ1n) is 2.81. The molecule has 0 amide bonds. The van der Waals surface area contributed by atoms with E-state index in [1.807, 2.05) is 0 Å². The minimum absolute atomic E-state index is 0.0288. The quantitative estimate of drug-likeness (QED) is 0.303. The highest BCUT2D eigenvalue weighted by atomic mass is 16.3. The van der Waals surface area contributed by atoms with Crippen molar-refractivity contribution in [3.8, 4) is 0 Å². The van der Waals surface area contributed by atoms with Crippen molar-refractivity contribution in [3.63, 3.8) is 0 Å². The van der Waals surface area contributed by atoms with Crippen LogP contribution in [0.4, 0.5) is 0 Å². The van der Waals surface area contributed by atoms with E-state index in [1.54, 1.807) is 0 Å². The minimum Gasteiger partial charge on any atom is -0.396 e. The van der Waals surface area contributed by atoms with Gasteiger partial charge in [0.25, 0.3) is 0 Å². The number of aliphatic hydroxyl groups excluding tert-OH is 1. The zero-order chi connectivity index (χ0) is 7.98. The van der Waals surface area contributed by atoms with Gasteiger partial charge in [-0.25, -0.2) is 0 Å². The third-order valence-electron chi connectivity index (χ3n) is 1.09. The molecule has 0 aliphatic carbocycles. The van der Waals surface area contributed by atoms with Gasteiger partial charge in [-0.2, -0.15) is 0 Å². The van der Waals surface area contributed by atoms with Crippen LogP contribution in [0.2, 0.25) is 0 Å². The van der Waals surface area contributed by atoms with E-state index >= 15 is 0 Å². The van der Waals surface area contributed by atoms with Gasteiger partial charge in [0.05, 0.1) is 5.92 Å². The van der Waals surface area contributed by atoms with Gasteiger partial charge < -0.3 is 9.90 Å². The van der Waals surface area contributed by atoms with E-state index in [1.165, 1.54) is 0 Å². The van der Waals surface area contributed by atoms with Crippen LogP contribution < -0.4 is 0 Å². The number of carbonyl (C=O) groups is 3. The zero-order valence-electron chi connectivity index (χ0n) is 5.32. The van der Waals surface area contributed by atoms with Gasteiger partial charge in [0.15, 0.2) is 6.29 Å². The first kappa shape index (κ1) is 8.97. The van der Waals surface area contributed by atoms with Crippen LogP contribution in [-0.4, -0.2) is 30.1 Å². The average molecular weight is 144 g/mol. The van der Waals surface area contributed by atoms with Gasteiger partial charge in [-0.1, -0.05) is 0 Å². The molecule has 0 saturated carbocycles. The first-order valence-corrected chi connectivity index (χ1v) is 2.81. The molecule has 4 heteroatoms. The molecule has 0 radical (unpaired) electrons. The highest BCUT2D eigenvalue weighted by Crippen LogP contribution is 1.97. The molecule has 1 atom stereocenters. The van der Waals surface area contributed by atoms with Crippen molar-refractivity contribution < 1.29 is 19.5 Å². The van der Waals surface area contributed by atoms with Gasteiger partial charge in [0.1, 0.15) is 6.29 Å². The summed E-state index contributed by atoms with van der Waals surface area (Å²) in [5, 5.41) is 8.29. The number of rotatable bonds is 5. The van der Waals surface area contributed by atoms with E-state index in [0.29, 0.717) is 6.29 Å². The monoisotopic (exact) mass is 144 g/mol. The normalized spacial score (nSPS) is 12.1. The van der Waals surface area contributed by atoms with Crippen LogP contribution in [0.3, 0.4) is 0 Å². The summed E-state index contributed by atoms with van der Waals surface area (Å²) in [4.78, 5) is 30.2.